The summed E-state index contributed by atoms with van der Waals surface area (Å²) in [6.45, 7) is 0. The van der Waals surface area contributed by atoms with E-state index in [1.165, 1.54) is 0 Å². The molecule has 0 spiro atoms. The normalized spacial score (nSPS) is 9.62. The Morgan fingerprint density at radius 2 is 2.38 bits per heavy atom. The molecule has 0 bridgehead atoms. The number of methoxy groups -OCH3 is 1. The van der Waals surface area contributed by atoms with Gasteiger partial charge >= 0.3 is 5.97 Å². The average molecular weight is 181 g/mol. The third-order valence-electron chi connectivity index (χ3n) is 1.63. The second-order valence-electron chi connectivity index (χ2n) is 2.58. The zero-order chi connectivity index (χ0) is 9.68. The Bertz CT molecular complexity index is 281. The maximum absolute atomic E-state index is 10.2. The molecule has 1 aromatic rings. The van der Waals surface area contributed by atoms with Gasteiger partial charge < -0.3 is 9.84 Å². The first-order valence-electron chi connectivity index (χ1n) is 3.93. The Kier molecular flexibility index (Phi) is 3.25. The second kappa shape index (κ2) is 4.45. The summed E-state index contributed by atoms with van der Waals surface area (Å²) in [5.74, 6) is -0.128. The first-order valence-corrected chi connectivity index (χ1v) is 3.93. The molecule has 0 unspecified atom stereocenters. The largest absolute Gasteiger partial charge is 0.495 e. The molecule has 0 aliphatic rings. The van der Waals surface area contributed by atoms with Crippen molar-refractivity contribution in [1.29, 1.82) is 0 Å². The molecule has 0 aromatic carbocycles. The van der Waals surface area contributed by atoms with Crippen molar-refractivity contribution in [3.63, 3.8) is 0 Å². The van der Waals surface area contributed by atoms with E-state index in [4.69, 9.17) is 9.84 Å². The number of aromatic nitrogens is 1. The van der Waals surface area contributed by atoms with Crippen LogP contribution in [0.3, 0.4) is 0 Å². The highest BCUT2D eigenvalue weighted by Crippen LogP contribution is 2.08. The Hall–Kier alpha value is -1.58. The zero-order valence-electron chi connectivity index (χ0n) is 7.36. The van der Waals surface area contributed by atoms with Crippen molar-refractivity contribution in [3.05, 3.63) is 24.0 Å². The number of rotatable bonds is 4. The minimum absolute atomic E-state index is 0.110. The van der Waals surface area contributed by atoms with Crippen molar-refractivity contribution in [3.8, 4) is 5.75 Å². The topological polar surface area (TPSA) is 59.4 Å². The average Bonchev–Trinajstić information content (AvgIpc) is 2.15. The van der Waals surface area contributed by atoms with Crippen LogP contribution in [-0.4, -0.2) is 23.2 Å². The van der Waals surface area contributed by atoms with Gasteiger partial charge in [-0.05, 0) is 12.1 Å². The van der Waals surface area contributed by atoms with Gasteiger partial charge in [0.05, 0.1) is 19.7 Å². The lowest BCUT2D eigenvalue weighted by atomic mass is 10.2. The quantitative estimate of drug-likeness (QED) is 0.755. The maximum atomic E-state index is 10.2. The molecule has 70 valence electrons. The zero-order valence-corrected chi connectivity index (χ0v) is 7.36. The molecule has 0 fully saturated rings. The number of aliphatic carboxylic acids is 1. The predicted octanol–water partition coefficient (Wildman–Crippen LogP) is 1.11. The van der Waals surface area contributed by atoms with Crippen molar-refractivity contribution in [1.82, 2.24) is 4.98 Å². The van der Waals surface area contributed by atoms with E-state index in [1.807, 2.05) is 0 Å². The molecule has 0 saturated heterocycles. The van der Waals surface area contributed by atoms with Crippen LogP contribution in [0, 0.1) is 0 Å². The molecular formula is C9H11NO3. The van der Waals surface area contributed by atoms with E-state index >= 15 is 0 Å². The lowest BCUT2D eigenvalue weighted by Gasteiger charge is -2.00. The molecule has 13 heavy (non-hydrogen) atoms. The SMILES string of the molecule is COc1ccc(CCC(=O)O)nc1. The molecule has 1 heterocycles. The monoisotopic (exact) mass is 181 g/mol. The number of carbonyl (C=O) groups is 1. The van der Waals surface area contributed by atoms with Gasteiger partial charge in [0.25, 0.3) is 0 Å². The Morgan fingerprint density at radius 1 is 1.62 bits per heavy atom. The van der Waals surface area contributed by atoms with Gasteiger partial charge in [0.15, 0.2) is 0 Å². The highest BCUT2D eigenvalue weighted by Gasteiger charge is 2.00. The van der Waals surface area contributed by atoms with E-state index in [9.17, 15) is 4.79 Å². The Morgan fingerprint density at radius 3 is 2.85 bits per heavy atom. The van der Waals surface area contributed by atoms with E-state index in [0.717, 1.165) is 5.69 Å². The lowest BCUT2D eigenvalue weighted by Crippen LogP contribution is -1.99. The lowest BCUT2D eigenvalue weighted by molar-refractivity contribution is -0.136. The molecule has 0 radical (unpaired) electrons. The molecule has 0 saturated carbocycles. The molecular weight excluding hydrogens is 170 g/mol. The Balaban J connectivity index is 2.54. The number of ether oxygens (including phenoxy) is 1. The summed E-state index contributed by atoms with van der Waals surface area (Å²) in [5, 5.41) is 8.42. The molecule has 1 N–H and O–H groups in total. The maximum Gasteiger partial charge on any atom is 0.303 e. The van der Waals surface area contributed by atoms with E-state index in [2.05, 4.69) is 4.98 Å². The van der Waals surface area contributed by atoms with Gasteiger partial charge in [0.2, 0.25) is 0 Å². The first-order chi connectivity index (χ1) is 6.22. The molecule has 1 rings (SSSR count). The number of hydrogen-bond acceptors (Lipinski definition) is 3. The predicted molar refractivity (Wildman–Crippen MR) is 46.7 cm³/mol. The van der Waals surface area contributed by atoms with Gasteiger partial charge in [-0.25, -0.2) is 0 Å². The van der Waals surface area contributed by atoms with Crippen LogP contribution < -0.4 is 4.74 Å². The van der Waals surface area contributed by atoms with E-state index in [0.29, 0.717) is 12.2 Å². The van der Waals surface area contributed by atoms with Crippen LogP contribution in [0.25, 0.3) is 0 Å². The van der Waals surface area contributed by atoms with Crippen LogP contribution in [0.5, 0.6) is 5.75 Å². The van der Waals surface area contributed by atoms with Crippen LogP contribution in [0.1, 0.15) is 12.1 Å². The van der Waals surface area contributed by atoms with Crippen molar-refractivity contribution in [2.45, 2.75) is 12.8 Å². The minimum Gasteiger partial charge on any atom is -0.495 e. The van der Waals surface area contributed by atoms with Gasteiger partial charge in [-0.2, -0.15) is 0 Å². The highest BCUT2D eigenvalue weighted by atomic mass is 16.5. The van der Waals surface area contributed by atoms with Crippen LogP contribution >= 0.6 is 0 Å². The van der Waals surface area contributed by atoms with E-state index in [1.54, 1.807) is 25.4 Å². The summed E-state index contributed by atoms with van der Waals surface area (Å²) >= 11 is 0. The van der Waals surface area contributed by atoms with Crippen molar-refractivity contribution >= 4 is 5.97 Å². The summed E-state index contributed by atoms with van der Waals surface area (Å²) in [5.41, 5.74) is 0.767. The number of pyridine rings is 1. The molecule has 4 nitrogen and oxygen atoms in total. The fraction of sp³-hybridized carbons (Fsp3) is 0.333. The number of carboxylic acid groups (broad SMARTS) is 1. The van der Waals surface area contributed by atoms with Gasteiger partial charge in [0.1, 0.15) is 5.75 Å². The number of aryl methyl sites for hydroxylation is 1. The summed E-state index contributed by atoms with van der Waals surface area (Å²) < 4.78 is 4.92. The van der Waals surface area contributed by atoms with E-state index in [-0.39, 0.29) is 6.42 Å². The highest BCUT2D eigenvalue weighted by molar-refractivity contribution is 5.66. The van der Waals surface area contributed by atoms with Crippen LogP contribution in [0.4, 0.5) is 0 Å². The minimum atomic E-state index is -0.808. The molecule has 0 aliphatic heterocycles. The standard InChI is InChI=1S/C9H11NO3/c1-13-8-4-2-7(10-6-8)3-5-9(11)12/h2,4,6H,3,5H2,1H3,(H,11,12). The number of nitrogens with zero attached hydrogens (tertiary/aromatic N) is 1. The van der Waals surface area contributed by atoms with Gasteiger partial charge in [-0.15, -0.1) is 0 Å². The number of carboxylic acids is 1. The van der Waals surface area contributed by atoms with Crippen LogP contribution in [0.15, 0.2) is 18.3 Å². The molecule has 0 atom stereocenters. The molecule has 4 heteroatoms. The van der Waals surface area contributed by atoms with Gasteiger partial charge in [-0.1, -0.05) is 0 Å². The fourth-order valence-electron chi connectivity index (χ4n) is 0.915. The summed E-state index contributed by atoms with van der Waals surface area (Å²) in [6, 6.07) is 3.53. The molecule has 1 aromatic heterocycles. The van der Waals surface area contributed by atoms with Crippen LogP contribution in [0.2, 0.25) is 0 Å². The number of hydrogen-bond donors (Lipinski definition) is 1. The third kappa shape index (κ3) is 3.11. The Labute approximate surface area is 76.2 Å². The summed E-state index contributed by atoms with van der Waals surface area (Å²) in [4.78, 5) is 14.3. The van der Waals surface area contributed by atoms with Crippen molar-refractivity contribution < 1.29 is 14.6 Å². The van der Waals surface area contributed by atoms with Crippen LogP contribution in [-0.2, 0) is 11.2 Å². The van der Waals surface area contributed by atoms with Gasteiger partial charge in [-0.3, -0.25) is 9.78 Å². The van der Waals surface area contributed by atoms with Crippen molar-refractivity contribution in [2.75, 3.05) is 7.11 Å². The summed E-state index contributed by atoms with van der Waals surface area (Å²) in [6.07, 6.45) is 2.15. The molecule has 0 amide bonds. The summed E-state index contributed by atoms with van der Waals surface area (Å²) in [7, 11) is 1.56. The fourth-order valence-corrected chi connectivity index (χ4v) is 0.915. The van der Waals surface area contributed by atoms with Gasteiger partial charge in [0, 0.05) is 12.1 Å². The third-order valence-corrected chi connectivity index (χ3v) is 1.63. The smallest absolute Gasteiger partial charge is 0.303 e. The molecule has 0 aliphatic carbocycles. The second-order valence-corrected chi connectivity index (χ2v) is 2.58. The van der Waals surface area contributed by atoms with Crippen molar-refractivity contribution in [2.24, 2.45) is 0 Å². The van der Waals surface area contributed by atoms with E-state index < -0.39 is 5.97 Å². The first kappa shape index (κ1) is 9.51.